The van der Waals surface area contributed by atoms with Gasteiger partial charge < -0.3 is 11.1 Å². The Morgan fingerprint density at radius 1 is 1.28 bits per heavy atom. The summed E-state index contributed by atoms with van der Waals surface area (Å²) in [4.78, 5) is 29.8. The monoisotopic (exact) mass is 373 g/mol. The minimum Gasteiger partial charge on any atom is -0.397 e. The molecule has 0 radical (unpaired) electrons. The lowest BCUT2D eigenvalue weighted by atomic mass is 10.1. The first-order valence-corrected chi connectivity index (χ1v) is 8.76. The van der Waals surface area contributed by atoms with Crippen molar-refractivity contribution in [2.45, 2.75) is 20.8 Å². The molecular weight excluding hydrogens is 358 g/mol. The normalized spacial score (nSPS) is 10.9. The number of benzene rings is 1. The molecule has 3 N–H and O–H groups in total. The highest BCUT2D eigenvalue weighted by atomic mass is 35.5. The van der Waals surface area contributed by atoms with Gasteiger partial charge in [-0.25, -0.2) is 4.98 Å². The molecule has 0 bridgehead atoms. The lowest BCUT2D eigenvalue weighted by Gasteiger charge is -2.08. The summed E-state index contributed by atoms with van der Waals surface area (Å²) in [5, 5.41) is 4.03. The van der Waals surface area contributed by atoms with E-state index < -0.39 is 0 Å². The third-order valence-electron chi connectivity index (χ3n) is 4.01. The highest BCUT2D eigenvalue weighted by Crippen LogP contribution is 2.34. The molecule has 0 spiro atoms. The molecule has 0 aliphatic heterocycles. The number of Topliss-reactive ketones (excluding diaryl/α,β-unsaturated/α-hetero) is 1. The highest BCUT2D eigenvalue weighted by Gasteiger charge is 2.20. The topological polar surface area (TPSA) is 85.1 Å². The number of thiophene rings is 1. The number of aromatic nitrogens is 1. The molecule has 128 valence electrons. The number of nitrogens with zero attached hydrogens (tertiary/aromatic N) is 1. The van der Waals surface area contributed by atoms with Crippen molar-refractivity contribution in [1.29, 1.82) is 0 Å². The number of hydrogen-bond donors (Lipinski definition) is 2. The number of ketones is 1. The summed E-state index contributed by atoms with van der Waals surface area (Å²) in [6, 6.07) is 7.01. The molecule has 0 saturated carbocycles. The average molecular weight is 374 g/mol. The van der Waals surface area contributed by atoms with E-state index in [2.05, 4.69) is 10.3 Å². The zero-order valence-corrected chi connectivity index (χ0v) is 15.5. The summed E-state index contributed by atoms with van der Waals surface area (Å²) in [5.41, 5.74) is 9.02. The Morgan fingerprint density at radius 3 is 2.68 bits per heavy atom. The van der Waals surface area contributed by atoms with E-state index >= 15 is 0 Å². The maximum absolute atomic E-state index is 12.7. The van der Waals surface area contributed by atoms with Crippen LogP contribution in [0.1, 0.15) is 38.2 Å². The number of anilines is 2. The van der Waals surface area contributed by atoms with Crippen LogP contribution in [0.3, 0.4) is 0 Å². The average Bonchev–Trinajstić information content (AvgIpc) is 2.87. The van der Waals surface area contributed by atoms with E-state index in [0.717, 1.165) is 5.56 Å². The van der Waals surface area contributed by atoms with Crippen LogP contribution >= 0.6 is 22.9 Å². The lowest BCUT2D eigenvalue weighted by Crippen LogP contribution is -2.12. The summed E-state index contributed by atoms with van der Waals surface area (Å²) >= 11 is 7.29. The molecule has 0 aliphatic carbocycles. The number of amides is 1. The van der Waals surface area contributed by atoms with Crippen molar-refractivity contribution in [3.63, 3.8) is 0 Å². The Hall–Kier alpha value is -2.44. The number of rotatable bonds is 3. The predicted octanol–water partition coefficient (Wildman–Crippen LogP) is 4.60. The SMILES string of the molecule is CC(=O)c1cc2c(N)c(C(=O)Nc3cccc(Cl)c3C)sc2nc1C. The molecule has 5 nitrogen and oxygen atoms in total. The number of halogens is 1. The van der Waals surface area contributed by atoms with Gasteiger partial charge in [-0.05, 0) is 44.5 Å². The van der Waals surface area contributed by atoms with E-state index in [1.54, 1.807) is 31.2 Å². The molecule has 0 aliphatic rings. The first kappa shape index (κ1) is 17.4. The molecule has 7 heteroatoms. The Morgan fingerprint density at radius 2 is 2.00 bits per heavy atom. The smallest absolute Gasteiger partial charge is 0.267 e. The van der Waals surface area contributed by atoms with Crippen LogP contribution in [-0.4, -0.2) is 16.7 Å². The molecule has 1 amide bonds. The minimum atomic E-state index is -0.326. The number of fused-ring (bicyclic) bond motifs is 1. The molecule has 2 heterocycles. The number of carbonyl (C=O) groups is 2. The molecule has 25 heavy (non-hydrogen) atoms. The third-order valence-corrected chi connectivity index (χ3v) is 5.54. The number of nitrogens with one attached hydrogen (secondary N) is 1. The van der Waals surface area contributed by atoms with Gasteiger partial charge >= 0.3 is 0 Å². The number of carbonyl (C=O) groups excluding carboxylic acids is 2. The third kappa shape index (κ3) is 3.10. The Labute approximate surface area is 153 Å². The largest absolute Gasteiger partial charge is 0.397 e. The molecule has 0 fully saturated rings. The van der Waals surface area contributed by atoms with Gasteiger partial charge in [-0.3, -0.25) is 9.59 Å². The van der Waals surface area contributed by atoms with Gasteiger partial charge in [0.2, 0.25) is 0 Å². The standard InChI is InChI=1S/C18H16ClN3O2S/c1-8-13(19)5-4-6-14(8)22-17(24)16-15(20)12-7-11(10(3)23)9(2)21-18(12)25-16/h4-7H,20H2,1-3H3,(H,22,24). The van der Waals surface area contributed by atoms with Crippen molar-refractivity contribution >= 4 is 56.2 Å². The molecule has 1 aromatic carbocycles. The van der Waals surface area contributed by atoms with E-state index in [4.69, 9.17) is 17.3 Å². The first-order valence-electron chi connectivity index (χ1n) is 7.56. The molecule has 0 saturated heterocycles. The van der Waals surface area contributed by atoms with Gasteiger partial charge in [0.25, 0.3) is 5.91 Å². The number of aryl methyl sites for hydroxylation is 1. The molecule has 0 unspecified atom stereocenters. The minimum absolute atomic E-state index is 0.0851. The van der Waals surface area contributed by atoms with Gasteiger partial charge in [0.15, 0.2) is 5.78 Å². The van der Waals surface area contributed by atoms with Gasteiger partial charge in [0, 0.05) is 27.4 Å². The number of nitrogens with two attached hydrogens (primary N) is 1. The molecule has 3 aromatic rings. The van der Waals surface area contributed by atoms with Gasteiger partial charge in [-0.1, -0.05) is 17.7 Å². The van der Waals surface area contributed by atoms with Gasteiger partial charge in [-0.15, -0.1) is 11.3 Å². The Kier molecular flexibility index (Phi) is 4.49. The molecule has 2 aromatic heterocycles. The fraction of sp³-hybridized carbons (Fsp3) is 0.167. The van der Waals surface area contributed by atoms with Crippen molar-refractivity contribution in [3.05, 3.63) is 51.0 Å². The van der Waals surface area contributed by atoms with Gasteiger partial charge in [0.05, 0.1) is 5.69 Å². The van der Waals surface area contributed by atoms with Gasteiger partial charge in [-0.2, -0.15) is 0 Å². The second kappa shape index (κ2) is 6.46. The van der Waals surface area contributed by atoms with Crippen LogP contribution in [0.2, 0.25) is 5.02 Å². The lowest BCUT2D eigenvalue weighted by molar-refractivity contribution is 0.101. The summed E-state index contributed by atoms with van der Waals surface area (Å²) in [5.74, 6) is -0.411. The fourth-order valence-electron chi connectivity index (χ4n) is 2.58. The number of nitrogen functional groups attached to an aromatic ring is 1. The fourth-order valence-corrected chi connectivity index (χ4v) is 3.77. The Bertz CT molecular complexity index is 1030. The van der Waals surface area contributed by atoms with Crippen LogP contribution in [0.4, 0.5) is 11.4 Å². The van der Waals surface area contributed by atoms with Crippen LogP contribution in [0.5, 0.6) is 0 Å². The second-order valence-corrected chi connectivity index (χ2v) is 7.15. The predicted molar refractivity (Wildman–Crippen MR) is 103 cm³/mol. The van der Waals surface area contributed by atoms with Crippen molar-refractivity contribution in [1.82, 2.24) is 4.98 Å². The molecule has 0 atom stereocenters. The van der Waals surface area contributed by atoms with E-state index in [0.29, 0.717) is 42.7 Å². The zero-order chi connectivity index (χ0) is 18.3. The van der Waals surface area contributed by atoms with Crippen LogP contribution in [-0.2, 0) is 0 Å². The first-order chi connectivity index (χ1) is 11.8. The van der Waals surface area contributed by atoms with Crippen molar-refractivity contribution in [2.24, 2.45) is 0 Å². The van der Waals surface area contributed by atoms with Crippen LogP contribution in [0.15, 0.2) is 24.3 Å². The highest BCUT2D eigenvalue weighted by molar-refractivity contribution is 7.21. The zero-order valence-electron chi connectivity index (χ0n) is 13.9. The molecular formula is C18H16ClN3O2S. The maximum atomic E-state index is 12.7. The summed E-state index contributed by atoms with van der Waals surface area (Å²) in [6.45, 7) is 5.07. The van der Waals surface area contributed by atoms with Crippen LogP contribution < -0.4 is 11.1 Å². The number of pyridine rings is 1. The van der Waals surface area contributed by atoms with Crippen molar-refractivity contribution < 1.29 is 9.59 Å². The maximum Gasteiger partial charge on any atom is 0.267 e. The van der Waals surface area contributed by atoms with Crippen LogP contribution in [0.25, 0.3) is 10.2 Å². The summed E-state index contributed by atoms with van der Waals surface area (Å²) in [6.07, 6.45) is 0. The van der Waals surface area contributed by atoms with Crippen molar-refractivity contribution in [2.75, 3.05) is 11.1 Å². The molecule has 3 rings (SSSR count). The Balaban J connectivity index is 2.03. The quantitative estimate of drug-likeness (QED) is 0.657. The van der Waals surface area contributed by atoms with Crippen molar-refractivity contribution in [3.8, 4) is 0 Å². The van der Waals surface area contributed by atoms with Crippen LogP contribution in [0, 0.1) is 13.8 Å². The van der Waals surface area contributed by atoms with Gasteiger partial charge in [0.1, 0.15) is 9.71 Å². The van der Waals surface area contributed by atoms with E-state index in [1.807, 2.05) is 6.92 Å². The van der Waals surface area contributed by atoms with E-state index in [1.165, 1.54) is 18.3 Å². The summed E-state index contributed by atoms with van der Waals surface area (Å²) < 4.78 is 0. The number of hydrogen-bond acceptors (Lipinski definition) is 5. The van der Waals surface area contributed by atoms with E-state index in [-0.39, 0.29) is 11.7 Å². The second-order valence-electron chi connectivity index (χ2n) is 5.74. The van der Waals surface area contributed by atoms with E-state index in [9.17, 15) is 9.59 Å². The summed E-state index contributed by atoms with van der Waals surface area (Å²) in [7, 11) is 0.